The molecule has 1 atom stereocenters. The van der Waals surface area contributed by atoms with Crippen LogP contribution < -0.4 is 5.32 Å². The summed E-state index contributed by atoms with van der Waals surface area (Å²) in [5, 5.41) is 8.90. The maximum Gasteiger partial charge on any atom is 0.211 e. The van der Waals surface area contributed by atoms with Gasteiger partial charge in [-0.1, -0.05) is 30.4 Å². The number of likely N-dealkylation sites (N-methyl/N-ethyl adjacent to an activating group) is 1. The molecule has 0 aliphatic rings. The predicted molar refractivity (Wildman–Crippen MR) is 88.6 cm³/mol. The minimum atomic E-state index is 0.443. The Hall–Kier alpha value is -1.72. The van der Waals surface area contributed by atoms with E-state index >= 15 is 0 Å². The van der Waals surface area contributed by atoms with Crippen LogP contribution in [0, 0.1) is 13.8 Å². The smallest absolute Gasteiger partial charge is 0.211 e. The van der Waals surface area contributed by atoms with Crippen molar-refractivity contribution < 1.29 is 0 Å². The van der Waals surface area contributed by atoms with Crippen LogP contribution in [0.5, 0.6) is 0 Å². The van der Waals surface area contributed by atoms with Crippen molar-refractivity contribution in [2.75, 3.05) is 13.6 Å². The zero-order chi connectivity index (χ0) is 15.0. The van der Waals surface area contributed by atoms with Crippen molar-refractivity contribution in [3.63, 3.8) is 0 Å². The number of fused-ring (bicyclic) bond motifs is 1. The molecule has 0 saturated carbocycles. The first-order valence-corrected chi connectivity index (χ1v) is 8.00. The highest BCUT2D eigenvalue weighted by molar-refractivity contribution is 7.20. The molecule has 5 heteroatoms. The van der Waals surface area contributed by atoms with Gasteiger partial charge >= 0.3 is 0 Å². The monoisotopic (exact) mass is 300 g/mol. The molecule has 110 valence electrons. The maximum absolute atomic E-state index is 4.72. The van der Waals surface area contributed by atoms with Gasteiger partial charge in [0.1, 0.15) is 0 Å². The third-order valence-electron chi connectivity index (χ3n) is 3.81. The lowest BCUT2D eigenvalue weighted by Crippen LogP contribution is -2.15. The fourth-order valence-corrected chi connectivity index (χ4v) is 3.88. The molecule has 1 unspecified atom stereocenters. The summed E-state index contributed by atoms with van der Waals surface area (Å²) in [5.74, 6) is 0.443. The van der Waals surface area contributed by atoms with Crippen LogP contribution in [-0.4, -0.2) is 28.4 Å². The van der Waals surface area contributed by atoms with E-state index in [0.717, 1.165) is 22.9 Å². The quantitative estimate of drug-likeness (QED) is 0.803. The molecule has 4 nitrogen and oxygen atoms in total. The molecule has 1 N–H and O–H groups in total. The lowest BCUT2D eigenvalue weighted by molar-refractivity contribution is 0.670. The Bertz CT molecular complexity index is 739. The van der Waals surface area contributed by atoms with E-state index in [1.165, 1.54) is 16.0 Å². The van der Waals surface area contributed by atoms with Crippen LogP contribution in [0.1, 0.15) is 29.8 Å². The van der Waals surface area contributed by atoms with E-state index in [1.807, 2.05) is 29.9 Å². The average Bonchev–Trinajstić information content (AvgIpc) is 3.00. The van der Waals surface area contributed by atoms with Crippen LogP contribution in [-0.2, 0) is 0 Å². The van der Waals surface area contributed by atoms with E-state index in [4.69, 9.17) is 10.1 Å². The van der Waals surface area contributed by atoms with E-state index in [-0.39, 0.29) is 0 Å². The van der Waals surface area contributed by atoms with Crippen molar-refractivity contribution in [3.8, 4) is 5.13 Å². The van der Waals surface area contributed by atoms with Crippen molar-refractivity contribution in [1.29, 1.82) is 0 Å². The Morgan fingerprint density at radius 2 is 2.05 bits per heavy atom. The van der Waals surface area contributed by atoms with Crippen LogP contribution in [0.2, 0.25) is 0 Å². The second-order valence-corrected chi connectivity index (χ2v) is 6.43. The summed E-state index contributed by atoms with van der Waals surface area (Å²) in [7, 11) is 1.99. The third-order valence-corrected chi connectivity index (χ3v) is 4.83. The average molecular weight is 300 g/mol. The molecule has 0 spiro atoms. The van der Waals surface area contributed by atoms with E-state index < -0.39 is 0 Å². The molecule has 2 heterocycles. The van der Waals surface area contributed by atoms with Gasteiger partial charge < -0.3 is 5.32 Å². The summed E-state index contributed by atoms with van der Waals surface area (Å²) < 4.78 is 3.19. The zero-order valence-corrected chi connectivity index (χ0v) is 13.7. The minimum absolute atomic E-state index is 0.443. The molecule has 0 fully saturated rings. The molecule has 21 heavy (non-hydrogen) atoms. The summed E-state index contributed by atoms with van der Waals surface area (Å²) >= 11 is 1.69. The molecule has 0 bridgehead atoms. The summed E-state index contributed by atoms with van der Waals surface area (Å²) in [4.78, 5) is 4.71. The van der Waals surface area contributed by atoms with Gasteiger partial charge in [0.15, 0.2) is 0 Å². The van der Waals surface area contributed by atoms with Gasteiger partial charge in [-0.25, -0.2) is 9.67 Å². The van der Waals surface area contributed by atoms with Crippen LogP contribution in [0.25, 0.3) is 15.3 Å². The predicted octanol–water partition coefficient (Wildman–Crippen LogP) is 3.42. The summed E-state index contributed by atoms with van der Waals surface area (Å²) in [6, 6.07) is 8.22. The normalized spacial score (nSPS) is 13.0. The van der Waals surface area contributed by atoms with Gasteiger partial charge in [0.25, 0.3) is 0 Å². The lowest BCUT2D eigenvalue weighted by Gasteiger charge is -2.11. The minimum Gasteiger partial charge on any atom is -0.319 e. The molecule has 1 aromatic carbocycles. The van der Waals surface area contributed by atoms with Gasteiger partial charge in [0, 0.05) is 17.8 Å². The summed E-state index contributed by atoms with van der Waals surface area (Å²) in [6.07, 6.45) is 0. The van der Waals surface area contributed by atoms with Crippen LogP contribution in [0.15, 0.2) is 24.3 Å². The molecule has 0 amide bonds. The Morgan fingerprint density at radius 3 is 2.76 bits per heavy atom. The number of aromatic nitrogens is 3. The first-order chi connectivity index (χ1) is 10.1. The standard InChI is InChI=1S/C16H20N4S/c1-10(9-17-4)15-11(2)19-20(12(15)3)16-18-13-7-5-6-8-14(13)21-16/h5-8,10,17H,9H2,1-4H3. The van der Waals surface area contributed by atoms with Crippen molar-refractivity contribution in [2.24, 2.45) is 0 Å². The second-order valence-electron chi connectivity index (χ2n) is 5.42. The Labute approximate surface area is 128 Å². The van der Waals surface area contributed by atoms with E-state index in [1.54, 1.807) is 11.3 Å². The lowest BCUT2D eigenvalue weighted by atomic mass is 9.99. The van der Waals surface area contributed by atoms with Gasteiger partial charge in [0.05, 0.1) is 15.9 Å². The van der Waals surface area contributed by atoms with Crippen molar-refractivity contribution >= 4 is 21.6 Å². The van der Waals surface area contributed by atoms with Gasteiger partial charge in [-0.05, 0) is 38.9 Å². The number of nitrogens with zero attached hydrogens (tertiary/aromatic N) is 3. The Balaban J connectivity index is 2.08. The highest BCUT2D eigenvalue weighted by Gasteiger charge is 2.19. The van der Waals surface area contributed by atoms with Gasteiger partial charge in [0.2, 0.25) is 5.13 Å². The summed E-state index contributed by atoms with van der Waals surface area (Å²) in [5.41, 5.74) is 4.64. The maximum atomic E-state index is 4.72. The number of benzene rings is 1. The fourth-order valence-electron chi connectivity index (χ4n) is 2.91. The molecule has 0 saturated heterocycles. The topological polar surface area (TPSA) is 42.7 Å². The zero-order valence-electron chi connectivity index (χ0n) is 12.8. The first kappa shape index (κ1) is 14.2. The number of para-hydroxylation sites is 1. The highest BCUT2D eigenvalue weighted by Crippen LogP contribution is 2.29. The number of thiazole rings is 1. The van der Waals surface area contributed by atoms with Gasteiger partial charge in [-0.15, -0.1) is 0 Å². The number of hydrogen-bond acceptors (Lipinski definition) is 4. The molecule has 0 aliphatic heterocycles. The van der Waals surface area contributed by atoms with E-state index in [2.05, 4.69) is 32.2 Å². The molecule has 3 rings (SSSR count). The number of nitrogens with one attached hydrogen (secondary N) is 1. The van der Waals surface area contributed by atoms with E-state index in [0.29, 0.717) is 5.92 Å². The molecule has 0 radical (unpaired) electrons. The molecule has 3 aromatic rings. The van der Waals surface area contributed by atoms with Crippen molar-refractivity contribution in [3.05, 3.63) is 41.2 Å². The fraction of sp³-hybridized carbons (Fsp3) is 0.375. The Morgan fingerprint density at radius 1 is 1.29 bits per heavy atom. The summed E-state index contributed by atoms with van der Waals surface area (Å²) in [6.45, 7) is 7.40. The first-order valence-electron chi connectivity index (χ1n) is 7.18. The third kappa shape index (κ3) is 2.47. The Kier molecular flexibility index (Phi) is 3.78. The van der Waals surface area contributed by atoms with Crippen LogP contribution in [0.4, 0.5) is 0 Å². The largest absolute Gasteiger partial charge is 0.319 e. The van der Waals surface area contributed by atoms with Crippen LogP contribution >= 0.6 is 11.3 Å². The number of hydrogen-bond donors (Lipinski definition) is 1. The molecular formula is C16H20N4S. The van der Waals surface area contributed by atoms with E-state index in [9.17, 15) is 0 Å². The van der Waals surface area contributed by atoms with Gasteiger partial charge in [-0.2, -0.15) is 5.10 Å². The number of aryl methyl sites for hydroxylation is 1. The highest BCUT2D eigenvalue weighted by atomic mass is 32.1. The van der Waals surface area contributed by atoms with Crippen LogP contribution in [0.3, 0.4) is 0 Å². The SMILES string of the molecule is CNCC(C)c1c(C)nn(-c2nc3ccccc3s2)c1C. The second kappa shape index (κ2) is 5.58. The van der Waals surface area contributed by atoms with Gasteiger partial charge in [-0.3, -0.25) is 0 Å². The van der Waals surface area contributed by atoms with Crippen molar-refractivity contribution in [2.45, 2.75) is 26.7 Å². The number of rotatable bonds is 4. The van der Waals surface area contributed by atoms with Crippen molar-refractivity contribution in [1.82, 2.24) is 20.1 Å². The molecule has 2 aromatic heterocycles. The molecular weight excluding hydrogens is 280 g/mol. The molecule has 0 aliphatic carbocycles.